The number of rotatable bonds is 37. The van der Waals surface area contributed by atoms with Crippen molar-refractivity contribution in [3.63, 3.8) is 0 Å². The van der Waals surface area contributed by atoms with Gasteiger partial charge in [0.05, 0.1) is 0 Å². The van der Waals surface area contributed by atoms with Crippen LogP contribution in [0.5, 0.6) is 0 Å². The van der Waals surface area contributed by atoms with Gasteiger partial charge in [-0.1, -0.05) is 212 Å². The van der Waals surface area contributed by atoms with Crippen molar-refractivity contribution < 1.29 is 19.5 Å². The van der Waals surface area contributed by atoms with Crippen molar-refractivity contribution in [2.75, 3.05) is 12.8 Å². The summed E-state index contributed by atoms with van der Waals surface area (Å²) in [5, 5.41) is 8.79. The van der Waals surface area contributed by atoms with Gasteiger partial charge >= 0.3 is 7.60 Å². The van der Waals surface area contributed by atoms with Gasteiger partial charge in [0.1, 0.15) is 0 Å². The minimum Gasteiger partial charge on any atom is -0.396 e. The quantitative estimate of drug-likeness (QED) is 0.0479. The maximum atomic E-state index is 10.8. The summed E-state index contributed by atoms with van der Waals surface area (Å²) in [6.07, 6.45) is 47.4. The Kier molecular flexibility index (Phi) is 35.7. The second-order valence-electron chi connectivity index (χ2n) is 13.5. The Balaban J connectivity index is 3.05. The van der Waals surface area contributed by atoms with Crippen LogP contribution in [0.1, 0.15) is 225 Å². The lowest BCUT2D eigenvalue weighted by atomic mass is 10.0. The van der Waals surface area contributed by atoms with Crippen molar-refractivity contribution >= 4 is 7.60 Å². The molecular formula is C37H77O4P. The zero-order valence-corrected chi connectivity index (χ0v) is 29.3. The first-order valence-electron chi connectivity index (χ1n) is 19.2. The van der Waals surface area contributed by atoms with E-state index in [1.54, 1.807) is 0 Å². The van der Waals surface area contributed by atoms with E-state index in [0.717, 1.165) is 19.3 Å². The van der Waals surface area contributed by atoms with Crippen molar-refractivity contribution in [2.24, 2.45) is 0 Å². The molecule has 0 bridgehead atoms. The van der Waals surface area contributed by atoms with E-state index in [4.69, 9.17) is 14.9 Å². The number of hydrogen-bond donors (Lipinski definition) is 3. The van der Waals surface area contributed by atoms with Gasteiger partial charge in [-0.3, -0.25) is 4.57 Å². The number of aliphatic hydroxyl groups is 1. The first kappa shape index (κ1) is 42.1. The van der Waals surface area contributed by atoms with Crippen LogP contribution in [0.15, 0.2) is 0 Å². The van der Waals surface area contributed by atoms with Crippen LogP contribution in [-0.4, -0.2) is 27.7 Å². The average Bonchev–Trinajstić information content (AvgIpc) is 2.96. The maximum Gasteiger partial charge on any atom is 0.325 e. The van der Waals surface area contributed by atoms with E-state index in [9.17, 15) is 4.57 Å². The third-order valence-corrected chi connectivity index (χ3v) is 10.0. The van der Waals surface area contributed by atoms with Gasteiger partial charge in [-0.15, -0.1) is 0 Å². The highest BCUT2D eigenvalue weighted by Crippen LogP contribution is 2.35. The van der Waals surface area contributed by atoms with Gasteiger partial charge in [0.25, 0.3) is 0 Å². The van der Waals surface area contributed by atoms with Crippen molar-refractivity contribution in [3.05, 3.63) is 0 Å². The number of hydrogen-bond acceptors (Lipinski definition) is 2. The summed E-state index contributed by atoms with van der Waals surface area (Å²) in [5.41, 5.74) is 0. The summed E-state index contributed by atoms with van der Waals surface area (Å²) in [7, 11) is -3.77. The van der Waals surface area contributed by atoms with Gasteiger partial charge in [-0.25, -0.2) is 0 Å². The molecule has 4 nitrogen and oxygen atoms in total. The molecule has 0 aromatic heterocycles. The van der Waals surface area contributed by atoms with Crippen LogP contribution >= 0.6 is 7.60 Å². The van der Waals surface area contributed by atoms with Crippen LogP contribution in [-0.2, 0) is 4.57 Å². The van der Waals surface area contributed by atoms with E-state index in [2.05, 4.69) is 0 Å². The van der Waals surface area contributed by atoms with Gasteiger partial charge in [0, 0.05) is 12.8 Å². The fraction of sp³-hybridized carbons (Fsp3) is 1.00. The molecule has 0 fully saturated rings. The van der Waals surface area contributed by atoms with E-state index < -0.39 is 7.60 Å². The number of unbranched alkanes of at least 4 members (excludes halogenated alkanes) is 34. The maximum absolute atomic E-state index is 10.8. The molecule has 0 unspecified atom stereocenters. The van der Waals surface area contributed by atoms with Crippen molar-refractivity contribution in [3.8, 4) is 0 Å². The van der Waals surface area contributed by atoms with Crippen molar-refractivity contribution in [1.29, 1.82) is 0 Å². The molecule has 0 saturated heterocycles. The molecule has 0 rings (SSSR count). The van der Waals surface area contributed by atoms with Crippen LogP contribution in [0.3, 0.4) is 0 Å². The fourth-order valence-corrected chi connectivity index (χ4v) is 6.90. The highest BCUT2D eigenvalue weighted by atomic mass is 31.2. The van der Waals surface area contributed by atoms with E-state index in [-0.39, 0.29) is 6.16 Å². The molecule has 3 N–H and O–H groups in total. The molecule has 0 saturated carbocycles. The lowest BCUT2D eigenvalue weighted by Gasteiger charge is -2.05. The predicted octanol–water partition coefficient (Wildman–Crippen LogP) is 12.8. The molecule has 0 radical (unpaired) electrons. The summed E-state index contributed by atoms with van der Waals surface area (Å²) < 4.78 is 10.8. The van der Waals surface area contributed by atoms with Crippen molar-refractivity contribution in [2.45, 2.75) is 225 Å². The van der Waals surface area contributed by atoms with Crippen LogP contribution in [0.4, 0.5) is 0 Å². The normalized spacial score (nSPS) is 12.0. The average molecular weight is 617 g/mol. The Morgan fingerprint density at radius 2 is 0.405 bits per heavy atom. The standard InChI is InChI=1S/C37H77O4P/c38-36-34-32-30-28-26-24-22-20-18-16-14-12-10-8-6-4-2-1-3-5-7-9-11-13-15-17-19-21-23-25-27-29-31-33-35-37-42(39,40)41/h38H,1-37H2,(H2,39,40,41). The van der Waals surface area contributed by atoms with E-state index in [0.29, 0.717) is 13.0 Å². The molecule has 0 aromatic carbocycles. The monoisotopic (exact) mass is 617 g/mol. The molecule has 0 atom stereocenters. The van der Waals surface area contributed by atoms with Gasteiger partial charge in [-0.2, -0.15) is 0 Å². The second-order valence-corrected chi connectivity index (χ2v) is 15.3. The Morgan fingerprint density at radius 1 is 0.262 bits per heavy atom. The minimum absolute atomic E-state index is 0.0594. The summed E-state index contributed by atoms with van der Waals surface area (Å²) >= 11 is 0. The molecule has 0 aliphatic heterocycles. The Bertz CT molecular complexity index is 536. The first-order chi connectivity index (χ1) is 20.6. The molecule has 42 heavy (non-hydrogen) atoms. The largest absolute Gasteiger partial charge is 0.396 e. The molecule has 0 aromatic rings. The molecule has 0 heterocycles. The highest BCUT2D eigenvalue weighted by Gasteiger charge is 2.10. The molecule has 0 aliphatic carbocycles. The minimum atomic E-state index is -3.77. The zero-order valence-electron chi connectivity index (χ0n) is 28.4. The molecule has 0 amide bonds. The Hall–Kier alpha value is 0.110. The molecule has 0 spiro atoms. The number of aliphatic hydroxyl groups excluding tert-OH is 1. The third-order valence-electron chi connectivity index (χ3n) is 9.11. The van der Waals surface area contributed by atoms with Crippen LogP contribution in [0, 0.1) is 0 Å². The van der Waals surface area contributed by atoms with Crippen LogP contribution < -0.4 is 0 Å². The fourth-order valence-electron chi connectivity index (χ4n) is 6.26. The van der Waals surface area contributed by atoms with E-state index in [1.807, 2.05) is 0 Å². The van der Waals surface area contributed by atoms with Gasteiger partial charge in [-0.05, 0) is 12.8 Å². The molecule has 254 valence electrons. The van der Waals surface area contributed by atoms with Gasteiger partial charge < -0.3 is 14.9 Å². The highest BCUT2D eigenvalue weighted by molar-refractivity contribution is 7.51. The molecule has 5 heteroatoms. The van der Waals surface area contributed by atoms with Gasteiger partial charge in [0.15, 0.2) is 0 Å². The zero-order chi connectivity index (χ0) is 30.7. The van der Waals surface area contributed by atoms with Crippen molar-refractivity contribution in [1.82, 2.24) is 0 Å². The molecule has 0 aliphatic rings. The van der Waals surface area contributed by atoms with Crippen LogP contribution in [0.2, 0.25) is 0 Å². The topological polar surface area (TPSA) is 77.8 Å². The Labute approximate surface area is 264 Å². The molecular weight excluding hydrogens is 539 g/mol. The van der Waals surface area contributed by atoms with E-state index in [1.165, 1.54) is 199 Å². The third kappa shape index (κ3) is 40.1. The van der Waals surface area contributed by atoms with Gasteiger partial charge in [0.2, 0.25) is 0 Å². The SMILES string of the molecule is O=P(O)(O)CCCCCCCCCCCCCCCCCCCCCCCCCCCCCCCCCCCCCO. The summed E-state index contributed by atoms with van der Waals surface area (Å²) in [4.78, 5) is 17.7. The Morgan fingerprint density at radius 3 is 0.548 bits per heavy atom. The van der Waals surface area contributed by atoms with E-state index >= 15 is 0 Å². The van der Waals surface area contributed by atoms with Crippen LogP contribution in [0.25, 0.3) is 0 Å². The summed E-state index contributed by atoms with van der Waals surface area (Å²) in [6, 6.07) is 0. The lowest BCUT2D eigenvalue weighted by Crippen LogP contribution is -1.88. The second kappa shape index (κ2) is 35.6. The predicted molar refractivity (Wildman–Crippen MR) is 186 cm³/mol. The summed E-state index contributed by atoms with van der Waals surface area (Å²) in [5.74, 6) is 0. The summed E-state index contributed by atoms with van der Waals surface area (Å²) in [6.45, 7) is 0.366. The lowest BCUT2D eigenvalue weighted by molar-refractivity contribution is 0.282. The first-order valence-corrected chi connectivity index (χ1v) is 21.0. The smallest absolute Gasteiger partial charge is 0.325 e.